The average molecular weight is 300 g/mol. The van der Waals surface area contributed by atoms with Gasteiger partial charge in [0, 0.05) is 6.54 Å². The fraction of sp³-hybridized carbons (Fsp3) is 0.533. The topological polar surface area (TPSA) is 47.6 Å². The molecular formula is C15H22ClNO3. The van der Waals surface area contributed by atoms with Gasteiger partial charge in [-0.05, 0) is 30.2 Å². The summed E-state index contributed by atoms with van der Waals surface area (Å²) in [4.78, 5) is 11.0. The van der Waals surface area contributed by atoms with Crippen molar-refractivity contribution in [1.82, 2.24) is 5.32 Å². The molecule has 0 amide bonds. The minimum atomic E-state index is -0.296. The van der Waals surface area contributed by atoms with Crippen LogP contribution >= 0.6 is 11.6 Å². The molecule has 0 bridgehead atoms. The maximum Gasteiger partial charge on any atom is 0.308 e. The summed E-state index contributed by atoms with van der Waals surface area (Å²) in [5.74, 6) is 0.908. The summed E-state index contributed by atoms with van der Waals surface area (Å²) in [7, 11) is 1.36. The van der Waals surface area contributed by atoms with Gasteiger partial charge in [0.05, 0.1) is 25.2 Å². The van der Waals surface area contributed by atoms with Crippen molar-refractivity contribution in [1.29, 1.82) is 0 Å². The van der Waals surface area contributed by atoms with E-state index in [0.29, 0.717) is 16.7 Å². The summed E-state index contributed by atoms with van der Waals surface area (Å²) >= 11 is 6.15. The van der Waals surface area contributed by atoms with Crippen LogP contribution in [-0.4, -0.2) is 26.2 Å². The van der Waals surface area contributed by atoms with Crippen LogP contribution in [0.5, 0.6) is 5.75 Å². The Kier molecular flexibility index (Phi) is 7.41. The predicted molar refractivity (Wildman–Crippen MR) is 80.1 cm³/mol. The number of hydrogen-bond acceptors (Lipinski definition) is 4. The zero-order valence-electron chi connectivity index (χ0n) is 12.2. The monoisotopic (exact) mass is 299 g/mol. The number of benzene rings is 1. The second kappa shape index (κ2) is 8.82. The molecule has 1 aromatic rings. The van der Waals surface area contributed by atoms with Crippen molar-refractivity contribution in [3.63, 3.8) is 0 Å². The Morgan fingerprint density at radius 3 is 2.75 bits per heavy atom. The van der Waals surface area contributed by atoms with Crippen molar-refractivity contribution >= 4 is 17.6 Å². The lowest BCUT2D eigenvalue weighted by Gasteiger charge is -2.10. The minimum Gasteiger partial charge on any atom is -0.491 e. The first-order valence-electron chi connectivity index (χ1n) is 6.71. The number of halogens is 1. The number of ether oxygens (including phenoxy) is 2. The average Bonchev–Trinajstić information content (AvgIpc) is 2.40. The number of carbonyl (C=O) groups excluding carboxylic acids is 1. The third-order valence-electron chi connectivity index (χ3n) is 2.67. The molecule has 0 aromatic heterocycles. The van der Waals surface area contributed by atoms with E-state index in [1.165, 1.54) is 7.11 Å². The summed E-state index contributed by atoms with van der Waals surface area (Å²) < 4.78 is 9.99. The first kappa shape index (κ1) is 16.8. The van der Waals surface area contributed by atoms with Crippen LogP contribution in [0.1, 0.15) is 25.8 Å². The van der Waals surface area contributed by atoms with E-state index in [2.05, 4.69) is 23.9 Å². The van der Waals surface area contributed by atoms with Gasteiger partial charge in [-0.2, -0.15) is 0 Å². The minimum absolute atomic E-state index is 0.213. The zero-order chi connectivity index (χ0) is 15.0. The van der Waals surface area contributed by atoms with Crippen LogP contribution < -0.4 is 10.1 Å². The van der Waals surface area contributed by atoms with Gasteiger partial charge in [0.1, 0.15) is 5.75 Å². The van der Waals surface area contributed by atoms with E-state index in [4.69, 9.17) is 16.3 Å². The molecule has 1 rings (SSSR count). The number of esters is 1. The number of rotatable bonds is 8. The number of nitrogens with one attached hydrogen (secondary N) is 1. The van der Waals surface area contributed by atoms with E-state index in [-0.39, 0.29) is 19.0 Å². The Balaban J connectivity index is 2.44. The molecule has 1 N–H and O–H groups in total. The number of carbonyl (C=O) groups is 1. The van der Waals surface area contributed by atoms with Crippen LogP contribution in [0.4, 0.5) is 0 Å². The van der Waals surface area contributed by atoms with Crippen LogP contribution in [0.25, 0.3) is 0 Å². The summed E-state index contributed by atoms with van der Waals surface area (Å²) in [6.45, 7) is 6.34. The van der Waals surface area contributed by atoms with E-state index in [1.54, 1.807) is 0 Å². The third-order valence-corrected chi connectivity index (χ3v) is 2.96. The molecule has 0 aliphatic rings. The first-order chi connectivity index (χ1) is 9.52. The molecule has 0 saturated carbocycles. The highest BCUT2D eigenvalue weighted by Crippen LogP contribution is 2.25. The molecule has 0 fully saturated rings. The van der Waals surface area contributed by atoms with Crippen molar-refractivity contribution in [3.8, 4) is 5.75 Å². The fourth-order valence-corrected chi connectivity index (χ4v) is 1.88. The Hall–Kier alpha value is -1.26. The molecule has 0 unspecified atom stereocenters. The van der Waals surface area contributed by atoms with Gasteiger partial charge in [-0.25, -0.2) is 0 Å². The predicted octanol–water partition coefficient (Wildman–Crippen LogP) is 3.03. The van der Waals surface area contributed by atoms with E-state index in [1.807, 2.05) is 18.2 Å². The second-order valence-electron chi connectivity index (χ2n) is 4.96. The van der Waals surface area contributed by atoms with Gasteiger partial charge < -0.3 is 14.8 Å². The highest BCUT2D eigenvalue weighted by Gasteiger charge is 2.05. The summed E-state index contributed by atoms with van der Waals surface area (Å²) in [6, 6.07) is 5.67. The molecule has 112 valence electrons. The van der Waals surface area contributed by atoms with Crippen LogP contribution in [0, 0.1) is 5.92 Å². The Morgan fingerprint density at radius 2 is 2.15 bits per heavy atom. The Labute approximate surface area is 125 Å². The van der Waals surface area contributed by atoms with E-state index >= 15 is 0 Å². The van der Waals surface area contributed by atoms with Gasteiger partial charge in [-0.1, -0.05) is 31.5 Å². The molecule has 0 saturated heterocycles. The van der Waals surface area contributed by atoms with Crippen molar-refractivity contribution in [2.24, 2.45) is 5.92 Å². The molecule has 0 spiro atoms. The molecule has 5 heteroatoms. The van der Waals surface area contributed by atoms with E-state index in [9.17, 15) is 4.79 Å². The molecule has 0 heterocycles. The van der Waals surface area contributed by atoms with Gasteiger partial charge >= 0.3 is 5.97 Å². The lowest BCUT2D eigenvalue weighted by Crippen LogP contribution is -2.18. The van der Waals surface area contributed by atoms with Crippen LogP contribution in [-0.2, 0) is 16.1 Å². The van der Waals surface area contributed by atoms with Crippen LogP contribution in [0.2, 0.25) is 5.02 Å². The largest absolute Gasteiger partial charge is 0.491 e. The van der Waals surface area contributed by atoms with Crippen molar-refractivity contribution in [2.45, 2.75) is 26.8 Å². The zero-order valence-corrected chi connectivity index (χ0v) is 13.0. The van der Waals surface area contributed by atoms with Crippen molar-refractivity contribution in [2.75, 3.05) is 20.3 Å². The van der Waals surface area contributed by atoms with Crippen LogP contribution in [0.15, 0.2) is 18.2 Å². The van der Waals surface area contributed by atoms with Gasteiger partial charge in [-0.15, -0.1) is 0 Å². The third kappa shape index (κ3) is 6.26. The highest BCUT2D eigenvalue weighted by molar-refractivity contribution is 6.32. The first-order valence-corrected chi connectivity index (χ1v) is 7.09. The van der Waals surface area contributed by atoms with E-state index < -0.39 is 0 Å². The summed E-state index contributed by atoms with van der Waals surface area (Å²) in [5, 5.41) is 3.91. The quantitative estimate of drug-likeness (QED) is 0.750. The molecule has 20 heavy (non-hydrogen) atoms. The fourth-order valence-electron chi connectivity index (χ4n) is 1.62. The van der Waals surface area contributed by atoms with Crippen molar-refractivity contribution < 1.29 is 14.3 Å². The van der Waals surface area contributed by atoms with Crippen LogP contribution in [0.3, 0.4) is 0 Å². The van der Waals surface area contributed by atoms with E-state index in [0.717, 1.165) is 18.7 Å². The standard InChI is InChI=1S/C15H22ClNO3/c1-11(2)9-17-10-12-4-5-14(13(16)8-12)20-7-6-15(18)19-3/h4-5,8,11,17H,6-7,9-10H2,1-3H3. The van der Waals surface area contributed by atoms with Gasteiger partial charge in [0.2, 0.25) is 0 Å². The smallest absolute Gasteiger partial charge is 0.308 e. The second-order valence-corrected chi connectivity index (χ2v) is 5.37. The number of hydrogen-bond donors (Lipinski definition) is 1. The lowest BCUT2D eigenvalue weighted by molar-refractivity contribution is -0.141. The Morgan fingerprint density at radius 1 is 1.40 bits per heavy atom. The molecule has 0 aliphatic carbocycles. The van der Waals surface area contributed by atoms with Gasteiger partial charge in [-0.3, -0.25) is 4.79 Å². The lowest BCUT2D eigenvalue weighted by atomic mass is 10.2. The van der Waals surface area contributed by atoms with Crippen molar-refractivity contribution in [3.05, 3.63) is 28.8 Å². The maximum absolute atomic E-state index is 11.0. The molecular weight excluding hydrogens is 278 g/mol. The highest BCUT2D eigenvalue weighted by atomic mass is 35.5. The van der Waals surface area contributed by atoms with Gasteiger partial charge in [0.15, 0.2) is 0 Å². The molecule has 4 nitrogen and oxygen atoms in total. The van der Waals surface area contributed by atoms with Gasteiger partial charge in [0.25, 0.3) is 0 Å². The molecule has 1 aromatic carbocycles. The molecule has 0 aliphatic heterocycles. The number of methoxy groups -OCH3 is 1. The maximum atomic E-state index is 11.0. The summed E-state index contributed by atoms with van der Waals surface area (Å²) in [5.41, 5.74) is 1.11. The Bertz CT molecular complexity index is 435. The molecule has 0 atom stereocenters. The SMILES string of the molecule is COC(=O)CCOc1ccc(CNCC(C)C)cc1Cl. The summed E-state index contributed by atoms with van der Waals surface area (Å²) in [6.07, 6.45) is 0.213. The normalized spacial score (nSPS) is 10.7. The molecule has 0 radical (unpaired) electrons.